The molecule has 0 bridgehead atoms. The summed E-state index contributed by atoms with van der Waals surface area (Å²) in [6.45, 7) is 15.4. The third-order valence-electron chi connectivity index (χ3n) is 14.0. The van der Waals surface area contributed by atoms with Gasteiger partial charge in [0.25, 0.3) is 23.6 Å². The maximum atomic E-state index is 11.2. The quantitative estimate of drug-likeness (QED) is 0.0638. The highest BCUT2D eigenvalue weighted by Crippen LogP contribution is 2.26. The summed E-state index contributed by atoms with van der Waals surface area (Å²) >= 11 is 0. The zero-order valence-electron chi connectivity index (χ0n) is 49.8. The van der Waals surface area contributed by atoms with Crippen LogP contribution < -0.4 is 44.7 Å². The minimum Gasteiger partial charge on any atom is -0.408 e. The lowest BCUT2D eigenvalue weighted by Gasteiger charge is -2.00. The van der Waals surface area contributed by atoms with Gasteiger partial charge in [-0.2, -0.15) is 0 Å². The van der Waals surface area contributed by atoms with Gasteiger partial charge in [-0.3, -0.25) is 54.5 Å². The number of imide groups is 2. The standard InChI is InChI=1S/2C9H7NO2.C9H9NO.C8H8N2O.4C8H7NO2/c1-5-2-3-6-7(4-5)9(12)10-8(6)11;1-5-3-2-4-6-7(5)9(12)10-8(6)11;1-6-3-2-4-7-5-8(11)10-9(6)7;1-5-2-3-6-7(4-5)10-8(11)9-6;1-5-2-3-7-6(4-5)9-8(10)11-7;1-5-2-3-6-7(4-5)11-8(10)9-6;1-5-3-2-4-6-7(5)9-8(10)11-6;1-5-3-2-4-6-7(5)11-8(10)9-6/h2*2-4H,1H3,(H,10,11,12);2-4H,5H2,1H3,(H,10,11);2-4H,1H3,(H2,9,10,11);4*2-4H,1H3,(H,9,10). The van der Waals surface area contributed by atoms with E-state index in [2.05, 4.69) is 45.9 Å². The lowest BCUT2D eigenvalue weighted by molar-refractivity contribution is -0.115. The molecule has 0 saturated heterocycles. The SMILES string of the molecule is Cc1ccc2[nH]c(=O)[nH]c2c1.Cc1ccc2[nH]c(=O)oc2c1.Cc1ccc2c(c1)C(=O)NC2=O.Cc1ccc2oc(=O)[nH]c2c1.Cc1cccc2[nH]c(=O)oc12.Cc1cccc2c1C(=O)NC2=O.Cc1cccc2c1NC(=O)C2.Cc1cccc2oc(=O)[nH]c12. The molecule has 9 N–H and O–H groups in total. The number of amides is 5. The second-order valence-electron chi connectivity index (χ2n) is 21.0. The van der Waals surface area contributed by atoms with Crippen LogP contribution in [-0.2, 0) is 11.2 Å². The van der Waals surface area contributed by atoms with Crippen LogP contribution >= 0.6 is 0 Å². The minimum atomic E-state index is -0.398. The number of fused-ring (bicyclic) bond motifs is 8. The van der Waals surface area contributed by atoms with Crippen LogP contribution in [0.1, 0.15) is 91.5 Å². The molecule has 5 aromatic heterocycles. The van der Waals surface area contributed by atoms with E-state index >= 15 is 0 Å². The van der Waals surface area contributed by atoms with Crippen molar-refractivity contribution >= 4 is 90.7 Å². The molecule has 3 aliphatic rings. The smallest absolute Gasteiger partial charge is 0.408 e. The van der Waals surface area contributed by atoms with E-state index in [0.29, 0.717) is 51.0 Å². The van der Waals surface area contributed by atoms with Gasteiger partial charge in [0.1, 0.15) is 0 Å². The first-order valence-corrected chi connectivity index (χ1v) is 27.8. The van der Waals surface area contributed by atoms with E-state index in [4.69, 9.17) is 17.7 Å². The summed E-state index contributed by atoms with van der Waals surface area (Å²) in [7, 11) is 0. The molecule has 13 aromatic rings. The third kappa shape index (κ3) is 15.1. The number of oxazole rings is 4. The van der Waals surface area contributed by atoms with Crippen molar-refractivity contribution in [3.05, 3.63) is 271 Å². The molecule has 8 heterocycles. The Kier molecular flexibility index (Phi) is 18.8. The van der Waals surface area contributed by atoms with E-state index < -0.39 is 23.0 Å². The van der Waals surface area contributed by atoms with Crippen molar-refractivity contribution in [1.82, 2.24) is 40.5 Å². The van der Waals surface area contributed by atoms with E-state index in [-0.39, 0.29) is 35.2 Å². The van der Waals surface area contributed by atoms with Crippen molar-refractivity contribution in [1.29, 1.82) is 0 Å². The fourth-order valence-corrected chi connectivity index (χ4v) is 9.58. The summed E-state index contributed by atoms with van der Waals surface area (Å²) in [5.74, 6) is -2.64. The molecule has 5 amide bonds. The summed E-state index contributed by atoms with van der Waals surface area (Å²) in [5, 5.41) is 7.30. The van der Waals surface area contributed by atoms with Crippen LogP contribution in [0.25, 0.3) is 55.4 Å². The number of benzene rings is 8. The Labute approximate surface area is 508 Å². The number of nitrogens with one attached hydrogen (secondary N) is 9. The third-order valence-corrected chi connectivity index (χ3v) is 14.0. The van der Waals surface area contributed by atoms with Gasteiger partial charge in [0, 0.05) is 5.69 Å². The Morgan fingerprint density at radius 2 is 0.856 bits per heavy atom. The van der Waals surface area contributed by atoms with Gasteiger partial charge < -0.3 is 33.0 Å². The molecule has 0 radical (unpaired) electrons. The molecule has 0 aliphatic carbocycles. The van der Waals surface area contributed by atoms with Gasteiger partial charge in [-0.15, -0.1) is 0 Å². The van der Waals surface area contributed by atoms with Gasteiger partial charge in [-0.05, 0) is 167 Å². The normalized spacial score (nSPS) is 12.1. The van der Waals surface area contributed by atoms with E-state index in [1.807, 2.05) is 165 Å². The Bertz CT molecular complexity index is 4910. The highest BCUT2D eigenvalue weighted by molar-refractivity contribution is 6.22. The molecule has 0 unspecified atom stereocenters. The van der Waals surface area contributed by atoms with E-state index in [1.54, 1.807) is 36.4 Å². The van der Waals surface area contributed by atoms with Gasteiger partial charge in [0.05, 0.1) is 61.8 Å². The van der Waals surface area contributed by atoms with Crippen molar-refractivity contribution < 1.29 is 41.6 Å². The molecule has 23 nitrogen and oxygen atoms in total. The Balaban J connectivity index is 0.000000122. The van der Waals surface area contributed by atoms with Gasteiger partial charge >= 0.3 is 28.7 Å². The average Bonchev–Trinajstić information content (AvgIpc) is 2.29. The predicted octanol–water partition coefficient (Wildman–Crippen LogP) is 10.1. The number of hydrogen-bond donors (Lipinski definition) is 9. The minimum absolute atomic E-state index is 0.106. The Morgan fingerprint density at radius 1 is 0.333 bits per heavy atom. The van der Waals surface area contributed by atoms with Gasteiger partial charge in [0.15, 0.2) is 22.3 Å². The molecule has 0 atom stereocenters. The number of rotatable bonds is 0. The van der Waals surface area contributed by atoms with Crippen molar-refractivity contribution in [3.8, 4) is 0 Å². The molecular formula is C67H59N9O14. The summed E-state index contributed by atoms with van der Waals surface area (Å²) in [4.78, 5) is 125. The highest BCUT2D eigenvalue weighted by Gasteiger charge is 2.28. The number of carbonyl (C=O) groups excluding carboxylic acids is 5. The lowest BCUT2D eigenvalue weighted by atomic mass is 10.0. The average molecular weight is 1210 g/mol. The first-order chi connectivity index (χ1) is 43.0. The van der Waals surface area contributed by atoms with Crippen LogP contribution in [0.2, 0.25) is 0 Å². The summed E-state index contributed by atoms with van der Waals surface area (Å²) in [5.41, 5.74) is 19.5. The molecular weight excluding hydrogens is 1150 g/mol. The van der Waals surface area contributed by atoms with Crippen molar-refractivity contribution in [3.63, 3.8) is 0 Å². The molecule has 0 saturated carbocycles. The monoisotopic (exact) mass is 1210 g/mol. The van der Waals surface area contributed by atoms with E-state index in [1.165, 1.54) is 0 Å². The van der Waals surface area contributed by atoms with E-state index in [9.17, 15) is 47.9 Å². The van der Waals surface area contributed by atoms with Gasteiger partial charge in [-0.1, -0.05) is 84.4 Å². The van der Waals surface area contributed by atoms with Crippen LogP contribution in [0, 0.1) is 55.4 Å². The van der Waals surface area contributed by atoms with Crippen LogP contribution in [0.15, 0.2) is 187 Å². The molecule has 0 fully saturated rings. The summed E-state index contributed by atoms with van der Waals surface area (Å²) in [6.07, 6.45) is 0.539. The van der Waals surface area contributed by atoms with Crippen molar-refractivity contribution in [2.24, 2.45) is 0 Å². The van der Waals surface area contributed by atoms with Crippen LogP contribution in [-0.4, -0.2) is 59.4 Å². The van der Waals surface area contributed by atoms with Crippen molar-refractivity contribution in [2.45, 2.75) is 61.8 Å². The number of aromatic amines is 6. The fourth-order valence-electron chi connectivity index (χ4n) is 9.58. The summed E-state index contributed by atoms with van der Waals surface area (Å²) < 4.78 is 19.4. The second-order valence-corrected chi connectivity index (χ2v) is 21.0. The second kappa shape index (κ2) is 27.1. The topological polar surface area (TPSA) is 354 Å². The lowest BCUT2D eigenvalue weighted by Crippen LogP contribution is -2.20. The van der Waals surface area contributed by atoms with Crippen LogP contribution in [0.4, 0.5) is 5.69 Å². The number of anilines is 1. The van der Waals surface area contributed by atoms with Gasteiger partial charge in [0.2, 0.25) is 5.91 Å². The number of aryl methyl sites for hydroxylation is 8. The number of hydrogen-bond acceptors (Lipinski definition) is 14. The van der Waals surface area contributed by atoms with Gasteiger partial charge in [-0.25, -0.2) is 24.0 Å². The Morgan fingerprint density at radius 3 is 1.58 bits per heavy atom. The van der Waals surface area contributed by atoms with Crippen LogP contribution in [0.3, 0.4) is 0 Å². The number of para-hydroxylation sites is 3. The Hall–Kier alpha value is -12.1. The first-order valence-electron chi connectivity index (χ1n) is 27.8. The molecule has 16 rings (SSSR count). The predicted molar refractivity (Wildman–Crippen MR) is 339 cm³/mol. The molecule has 0 spiro atoms. The molecule has 23 heteroatoms. The summed E-state index contributed by atoms with van der Waals surface area (Å²) in [6, 6.07) is 44.5. The molecule has 90 heavy (non-hydrogen) atoms. The van der Waals surface area contributed by atoms with Crippen molar-refractivity contribution in [2.75, 3.05) is 5.32 Å². The maximum Gasteiger partial charge on any atom is 0.417 e. The zero-order chi connectivity index (χ0) is 64.5. The molecule has 8 aromatic carbocycles. The number of aromatic nitrogens is 6. The fraction of sp³-hybridized carbons (Fsp3) is 0.134. The number of carbonyl (C=O) groups is 5. The van der Waals surface area contributed by atoms with E-state index in [0.717, 1.165) is 88.9 Å². The zero-order valence-corrected chi connectivity index (χ0v) is 49.8. The molecule has 3 aliphatic heterocycles. The number of H-pyrrole nitrogens is 6. The molecule has 456 valence electrons. The van der Waals surface area contributed by atoms with Crippen LogP contribution in [0.5, 0.6) is 0 Å². The largest absolute Gasteiger partial charge is 0.417 e. The number of imidazole rings is 1. The highest BCUT2D eigenvalue weighted by atomic mass is 16.4. The maximum absolute atomic E-state index is 11.2. The first kappa shape index (κ1) is 62.4.